The van der Waals surface area contributed by atoms with Gasteiger partial charge in [0.05, 0.1) is 7.11 Å². The fraction of sp³-hybridized carbons (Fsp3) is 0.207. The van der Waals surface area contributed by atoms with Crippen LogP contribution in [0.1, 0.15) is 25.2 Å². The molecule has 2 atom stereocenters. The van der Waals surface area contributed by atoms with Crippen LogP contribution in [0.4, 0.5) is 0 Å². The van der Waals surface area contributed by atoms with Gasteiger partial charge in [-0.2, -0.15) is 0 Å². The minimum atomic E-state index is -0.440. The second kappa shape index (κ2) is 11.5. The standard InChI is InChI=1S/C29H27N3O5Se/c1-19(38-26-7-5-4-6-8-26)29-32(20(2)33)30-28(36-29)22-11-15-24(16-12-22)35-18-25-17-27(31-37-25)21-9-13-23(34-3)14-10-21/h4-17,19,29H,18H2,1-3H3. The maximum absolute atomic E-state index is 12.3. The number of benzene rings is 3. The minimum Gasteiger partial charge on any atom is -0.0795 e. The quantitative estimate of drug-likeness (QED) is 0.270. The summed E-state index contributed by atoms with van der Waals surface area (Å²) in [4.78, 5) is 12.4. The van der Waals surface area contributed by atoms with Gasteiger partial charge in [-0.1, -0.05) is 5.16 Å². The molecule has 3 aromatic carbocycles. The van der Waals surface area contributed by atoms with Crippen LogP contribution < -0.4 is 13.9 Å². The molecule has 194 valence electrons. The monoisotopic (exact) mass is 577 g/mol. The number of amides is 1. The number of hydrogen-bond acceptors (Lipinski definition) is 7. The fourth-order valence-electron chi connectivity index (χ4n) is 3.91. The van der Waals surface area contributed by atoms with Crippen molar-refractivity contribution in [1.82, 2.24) is 10.2 Å². The van der Waals surface area contributed by atoms with Crippen molar-refractivity contribution in [2.75, 3.05) is 7.11 Å². The van der Waals surface area contributed by atoms with E-state index in [1.807, 2.05) is 72.8 Å². The number of hydrazone groups is 1. The van der Waals surface area contributed by atoms with E-state index < -0.39 is 6.23 Å². The van der Waals surface area contributed by atoms with Crippen LogP contribution in [0.5, 0.6) is 11.5 Å². The number of carbonyl (C=O) groups is 1. The molecule has 0 fully saturated rings. The van der Waals surface area contributed by atoms with E-state index in [9.17, 15) is 4.79 Å². The molecule has 1 amide bonds. The van der Waals surface area contributed by atoms with E-state index in [0.717, 1.165) is 22.6 Å². The second-order valence-corrected chi connectivity index (χ2v) is 11.7. The van der Waals surface area contributed by atoms with E-state index in [-0.39, 0.29) is 32.3 Å². The van der Waals surface area contributed by atoms with Gasteiger partial charge in [-0.05, 0) is 24.3 Å². The summed E-state index contributed by atoms with van der Waals surface area (Å²) in [5.74, 6) is 2.33. The molecule has 0 saturated carbocycles. The first-order chi connectivity index (χ1) is 18.5. The fourth-order valence-corrected chi connectivity index (χ4v) is 6.07. The molecule has 38 heavy (non-hydrogen) atoms. The van der Waals surface area contributed by atoms with E-state index in [4.69, 9.17) is 18.7 Å². The molecule has 0 radical (unpaired) electrons. The third-order valence-corrected chi connectivity index (χ3v) is 8.30. The Morgan fingerprint density at radius 1 is 1.00 bits per heavy atom. The Morgan fingerprint density at radius 3 is 2.37 bits per heavy atom. The van der Waals surface area contributed by atoms with Crippen molar-refractivity contribution < 1.29 is 23.5 Å². The van der Waals surface area contributed by atoms with Gasteiger partial charge < -0.3 is 4.74 Å². The number of hydrogen-bond donors (Lipinski definition) is 0. The molecule has 8 nitrogen and oxygen atoms in total. The van der Waals surface area contributed by atoms with Gasteiger partial charge in [-0.3, -0.25) is 0 Å². The van der Waals surface area contributed by atoms with Crippen molar-refractivity contribution in [1.29, 1.82) is 0 Å². The van der Waals surface area contributed by atoms with Crippen molar-refractivity contribution >= 4 is 31.2 Å². The van der Waals surface area contributed by atoms with E-state index in [1.54, 1.807) is 7.11 Å². The van der Waals surface area contributed by atoms with Gasteiger partial charge in [0.25, 0.3) is 0 Å². The molecule has 2 heterocycles. The average Bonchev–Trinajstić information content (AvgIpc) is 3.61. The molecule has 1 aliphatic heterocycles. The molecular formula is C29H27N3O5Se. The first kappa shape index (κ1) is 25.6. The summed E-state index contributed by atoms with van der Waals surface area (Å²) in [6.45, 7) is 3.83. The zero-order valence-corrected chi connectivity index (χ0v) is 22.9. The average molecular weight is 577 g/mol. The van der Waals surface area contributed by atoms with Gasteiger partial charge in [0.1, 0.15) is 11.4 Å². The van der Waals surface area contributed by atoms with Crippen LogP contribution in [-0.4, -0.2) is 50.3 Å². The zero-order chi connectivity index (χ0) is 26.5. The molecule has 4 aromatic rings. The molecule has 1 aliphatic rings. The molecule has 1 aromatic heterocycles. The summed E-state index contributed by atoms with van der Waals surface area (Å²) >= 11 is 0.121. The van der Waals surface area contributed by atoms with Crippen LogP contribution in [0.3, 0.4) is 0 Å². The summed E-state index contributed by atoms with van der Waals surface area (Å²) in [6, 6.07) is 27.1. The Bertz CT molecular complexity index is 1400. The zero-order valence-electron chi connectivity index (χ0n) is 21.2. The topological polar surface area (TPSA) is 86.4 Å². The van der Waals surface area contributed by atoms with Gasteiger partial charge in [-0.25, -0.2) is 0 Å². The van der Waals surface area contributed by atoms with Crippen molar-refractivity contribution in [2.45, 2.75) is 31.5 Å². The van der Waals surface area contributed by atoms with Crippen LogP contribution in [0.2, 0.25) is 4.82 Å². The summed E-state index contributed by atoms with van der Waals surface area (Å²) in [5, 5.41) is 10.1. The van der Waals surface area contributed by atoms with Gasteiger partial charge in [0.2, 0.25) is 0 Å². The molecule has 0 N–H and O–H groups in total. The minimum absolute atomic E-state index is 0.113. The second-order valence-electron chi connectivity index (χ2n) is 8.63. The van der Waals surface area contributed by atoms with E-state index in [0.29, 0.717) is 17.4 Å². The SMILES string of the molecule is COc1ccc(-c2cc(COc3ccc(C4=NN(C(C)=O)C(C(C)[Se]c5ccccc5)O4)cc3)on2)cc1. The molecule has 5 rings (SSSR count). The van der Waals surface area contributed by atoms with Gasteiger partial charge in [-0.15, -0.1) is 0 Å². The summed E-state index contributed by atoms with van der Waals surface area (Å²) < 4.78 is 23.9. The number of aromatic nitrogens is 1. The van der Waals surface area contributed by atoms with Gasteiger partial charge >= 0.3 is 169 Å². The summed E-state index contributed by atoms with van der Waals surface area (Å²) in [7, 11) is 1.63. The van der Waals surface area contributed by atoms with Crippen LogP contribution in [0, 0.1) is 0 Å². The molecule has 9 heteroatoms. The van der Waals surface area contributed by atoms with Crippen LogP contribution in [0.25, 0.3) is 11.3 Å². The number of carbonyl (C=O) groups excluding carboxylic acids is 1. The van der Waals surface area contributed by atoms with Gasteiger partial charge in [0, 0.05) is 5.56 Å². The first-order valence-electron chi connectivity index (χ1n) is 12.1. The van der Waals surface area contributed by atoms with Crippen molar-refractivity contribution in [3.8, 4) is 22.8 Å². The van der Waals surface area contributed by atoms with Crippen molar-refractivity contribution in [2.24, 2.45) is 5.10 Å². The Morgan fingerprint density at radius 2 is 1.68 bits per heavy atom. The Balaban J connectivity index is 1.20. The molecule has 0 aliphatic carbocycles. The normalized spacial score (nSPS) is 15.5. The Hall–Kier alpha value is -4.07. The number of methoxy groups -OCH3 is 1. The Labute approximate surface area is 227 Å². The van der Waals surface area contributed by atoms with Gasteiger partial charge in [0.15, 0.2) is 0 Å². The van der Waals surface area contributed by atoms with Crippen LogP contribution in [0.15, 0.2) is 94.6 Å². The maximum atomic E-state index is 12.3. The van der Waals surface area contributed by atoms with E-state index >= 15 is 0 Å². The van der Waals surface area contributed by atoms with E-state index in [2.05, 4.69) is 29.3 Å². The summed E-state index contributed by atoms with van der Waals surface area (Å²) in [5.41, 5.74) is 2.43. The molecule has 0 bridgehead atoms. The predicted molar refractivity (Wildman–Crippen MR) is 144 cm³/mol. The third kappa shape index (κ3) is 5.90. The smallest absolute Gasteiger partial charge is 0.0795 e. The third-order valence-electron chi connectivity index (χ3n) is 5.89. The molecule has 0 spiro atoms. The van der Waals surface area contributed by atoms with E-state index in [1.165, 1.54) is 16.4 Å². The first-order valence-corrected chi connectivity index (χ1v) is 13.9. The predicted octanol–water partition coefficient (Wildman–Crippen LogP) is 4.63. The Kier molecular flexibility index (Phi) is 7.77. The molecule has 0 saturated heterocycles. The van der Waals surface area contributed by atoms with Crippen LogP contribution in [-0.2, 0) is 16.1 Å². The molecule has 2 unspecified atom stereocenters. The number of nitrogens with zero attached hydrogens (tertiary/aromatic N) is 3. The summed E-state index contributed by atoms with van der Waals surface area (Å²) in [6.07, 6.45) is -0.440. The number of rotatable bonds is 9. The molecular weight excluding hydrogens is 549 g/mol. The van der Waals surface area contributed by atoms with Crippen LogP contribution >= 0.6 is 0 Å². The number of ether oxygens (including phenoxy) is 3. The van der Waals surface area contributed by atoms with Crippen molar-refractivity contribution in [3.63, 3.8) is 0 Å². The van der Waals surface area contributed by atoms with Crippen molar-refractivity contribution in [3.05, 3.63) is 96.3 Å².